The van der Waals surface area contributed by atoms with Crippen LogP contribution in [0, 0.1) is 5.92 Å². The molecule has 1 aliphatic heterocycles. The summed E-state index contributed by atoms with van der Waals surface area (Å²) in [6, 6.07) is 0.479. The Labute approximate surface area is 130 Å². The lowest BCUT2D eigenvalue weighted by molar-refractivity contribution is 0.251. The summed E-state index contributed by atoms with van der Waals surface area (Å²) in [4.78, 5) is 2.18. The van der Waals surface area contributed by atoms with E-state index in [1.165, 1.54) is 0 Å². The van der Waals surface area contributed by atoms with Gasteiger partial charge in [-0.05, 0) is 52.7 Å². The Hall–Kier alpha value is -0.210. The average molecular weight is 321 g/mol. The molecule has 1 heterocycles. The van der Waals surface area contributed by atoms with Gasteiger partial charge in [0.25, 0.3) is 10.2 Å². The fraction of sp³-hybridized carbons (Fsp3) is 1.00. The van der Waals surface area contributed by atoms with Crippen LogP contribution in [-0.2, 0) is 10.2 Å². The molecule has 0 aromatic rings. The number of nitrogens with zero attached hydrogens (tertiary/aromatic N) is 2. The molecule has 21 heavy (non-hydrogen) atoms. The topological polar surface area (TPSA) is 64.7 Å². The maximum absolute atomic E-state index is 12.3. The molecule has 0 bridgehead atoms. The maximum atomic E-state index is 12.3. The second-order valence-electron chi connectivity index (χ2n) is 6.04. The van der Waals surface area contributed by atoms with Gasteiger partial charge >= 0.3 is 0 Å². The van der Waals surface area contributed by atoms with Crippen LogP contribution < -0.4 is 10.0 Å². The number of hydrogen-bond acceptors (Lipinski definition) is 4. The third-order valence-electron chi connectivity index (χ3n) is 4.50. The van der Waals surface area contributed by atoms with E-state index in [0.717, 1.165) is 32.4 Å². The molecular formula is C14H32N4O2S. The van der Waals surface area contributed by atoms with Crippen LogP contribution in [0.1, 0.15) is 33.1 Å². The molecule has 2 N–H and O–H groups in total. The Balaban J connectivity index is 2.34. The molecule has 1 fully saturated rings. The predicted octanol–water partition coefficient (Wildman–Crippen LogP) is 0.483. The van der Waals surface area contributed by atoms with Gasteiger partial charge in [-0.3, -0.25) is 0 Å². The third-order valence-corrected chi connectivity index (χ3v) is 6.11. The zero-order chi connectivity index (χ0) is 15.9. The Morgan fingerprint density at radius 2 is 1.95 bits per heavy atom. The summed E-state index contributed by atoms with van der Waals surface area (Å²) in [7, 11) is 0.663. The molecule has 1 rings (SSSR count). The number of nitrogens with one attached hydrogen (secondary N) is 2. The van der Waals surface area contributed by atoms with Gasteiger partial charge in [0, 0.05) is 32.2 Å². The van der Waals surface area contributed by atoms with Crippen molar-refractivity contribution in [2.24, 2.45) is 5.92 Å². The van der Waals surface area contributed by atoms with E-state index in [0.29, 0.717) is 31.6 Å². The van der Waals surface area contributed by atoms with Gasteiger partial charge in [-0.1, -0.05) is 6.92 Å². The van der Waals surface area contributed by atoms with Crippen LogP contribution in [0.2, 0.25) is 0 Å². The molecule has 0 radical (unpaired) electrons. The number of piperidine rings is 1. The first-order chi connectivity index (χ1) is 9.90. The lowest BCUT2D eigenvalue weighted by Gasteiger charge is -2.31. The van der Waals surface area contributed by atoms with Crippen molar-refractivity contribution < 1.29 is 8.42 Å². The summed E-state index contributed by atoms with van der Waals surface area (Å²) < 4.78 is 28.8. The summed E-state index contributed by atoms with van der Waals surface area (Å²) in [5.74, 6) is 0.595. The fourth-order valence-electron chi connectivity index (χ4n) is 2.62. The molecule has 1 aliphatic rings. The Morgan fingerprint density at radius 1 is 1.33 bits per heavy atom. The minimum atomic E-state index is -3.31. The fourth-order valence-corrected chi connectivity index (χ4v) is 3.84. The van der Waals surface area contributed by atoms with Gasteiger partial charge in [0.2, 0.25) is 0 Å². The van der Waals surface area contributed by atoms with Gasteiger partial charge in [0.05, 0.1) is 0 Å². The van der Waals surface area contributed by atoms with E-state index in [1.54, 1.807) is 4.31 Å². The summed E-state index contributed by atoms with van der Waals surface area (Å²) in [6.45, 7) is 7.73. The number of hydrogen-bond donors (Lipinski definition) is 2. The van der Waals surface area contributed by atoms with Gasteiger partial charge in [-0.25, -0.2) is 4.72 Å². The predicted molar refractivity (Wildman–Crippen MR) is 87.5 cm³/mol. The standard InChI is InChI=1S/C14H32N4O2S/c1-5-13(2)17(4)11-8-16-21(19,20)18-9-6-14(7-10-18)12-15-3/h13-16H,5-12H2,1-4H3. The smallest absolute Gasteiger partial charge is 0.279 e. The summed E-state index contributed by atoms with van der Waals surface area (Å²) in [6.07, 6.45) is 2.95. The minimum absolute atomic E-state index is 0.472. The van der Waals surface area contributed by atoms with Crippen LogP contribution in [0.4, 0.5) is 0 Å². The quantitative estimate of drug-likeness (QED) is 0.649. The molecule has 1 atom stereocenters. The highest BCUT2D eigenvalue weighted by atomic mass is 32.2. The van der Waals surface area contributed by atoms with Crippen LogP contribution in [0.5, 0.6) is 0 Å². The van der Waals surface area contributed by atoms with Crippen molar-refractivity contribution in [1.82, 2.24) is 19.2 Å². The highest BCUT2D eigenvalue weighted by molar-refractivity contribution is 7.87. The van der Waals surface area contributed by atoms with Crippen molar-refractivity contribution in [3.8, 4) is 0 Å². The normalized spacial score (nSPS) is 20.0. The van der Waals surface area contributed by atoms with Crippen molar-refractivity contribution in [1.29, 1.82) is 0 Å². The molecule has 0 aliphatic carbocycles. The van der Waals surface area contributed by atoms with Crippen molar-refractivity contribution in [3.63, 3.8) is 0 Å². The number of likely N-dealkylation sites (N-methyl/N-ethyl adjacent to an activating group) is 1. The van der Waals surface area contributed by atoms with E-state index < -0.39 is 10.2 Å². The second-order valence-corrected chi connectivity index (χ2v) is 7.79. The maximum Gasteiger partial charge on any atom is 0.279 e. The SMILES string of the molecule is CCC(C)N(C)CCNS(=O)(=O)N1CCC(CNC)CC1. The summed E-state index contributed by atoms with van der Waals surface area (Å²) in [5.41, 5.74) is 0. The highest BCUT2D eigenvalue weighted by Crippen LogP contribution is 2.18. The molecule has 0 amide bonds. The summed E-state index contributed by atoms with van der Waals surface area (Å²) in [5, 5.41) is 3.16. The Morgan fingerprint density at radius 3 is 2.48 bits per heavy atom. The lowest BCUT2D eigenvalue weighted by atomic mass is 9.98. The molecule has 0 aromatic carbocycles. The minimum Gasteiger partial charge on any atom is -0.319 e. The van der Waals surface area contributed by atoms with Gasteiger partial charge in [-0.15, -0.1) is 0 Å². The first-order valence-electron chi connectivity index (χ1n) is 8.00. The average Bonchev–Trinajstić information content (AvgIpc) is 2.47. The van der Waals surface area contributed by atoms with Crippen molar-refractivity contribution in [2.75, 3.05) is 46.8 Å². The molecule has 7 heteroatoms. The van der Waals surface area contributed by atoms with E-state index in [-0.39, 0.29) is 0 Å². The van der Waals surface area contributed by atoms with Crippen LogP contribution in [-0.4, -0.2) is 70.5 Å². The molecule has 126 valence electrons. The molecular weight excluding hydrogens is 288 g/mol. The molecule has 6 nitrogen and oxygen atoms in total. The zero-order valence-corrected chi connectivity index (χ0v) is 14.7. The van der Waals surface area contributed by atoms with E-state index in [9.17, 15) is 8.42 Å². The van der Waals surface area contributed by atoms with Gasteiger partial charge in [0.15, 0.2) is 0 Å². The van der Waals surface area contributed by atoms with Gasteiger partial charge in [-0.2, -0.15) is 12.7 Å². The molecule has 0 spiro atoms. The van der Waals surface area contributed by atoms with E-state index in [2.05, 4.69) is 28.8 Å². The lowest BCUT2D eigenvalue weighted by Crippen LogP contribution is -2.47. The third kappa shape index (κ3) is 6.20. The molecule has 1 unspecified atom stereocenters. The monoisotopic (exact) mass is 320 g/mol. The zero-order valence-electron chi connectivity index (χ0n) is 13.9. The van der Waals surface area contributed by atoms with Crippen molar-refractivity contribution >= 4 is 10.2 Å². The van der Waals surface area contributed by atoms with Gasteiger partial charge < -0.3 is 10.2 Å². The van der Waals surface area contributed by atoms with Gasteiger partial charge in [0.1, 0.15) is 0 Å². The number of rotatable bonds is 9. The van der Waals surface area contributed by atoms with E-state index >= 15 is 0 Å². The molecule has 0 aromatic heterocycles. The van der Waals surface area contributed by atoms with Crippen molar-refractivity contribution in [3.05, 3.63) is 0 Å². The van der Waals surface area contributed by atoms with E-state index in [1.807, 2.05) is 14.1 Å². The van der Waals surface area contributed by atoms with Crippen LogP contribution in [0.25, 0.3) is 0 Å². The first-order valence-corrected chi connectivity index (χ1v) is 9.44. The highest BCUT2D eigenvalue weighted by Gasteiger charge is 2.27. The Kier molecular flexibility index (Phi) is 8.12. The summed E-state index contributed by atoms with van der Waals surface area (Å²) >= 11 is 0. The van der Waals surface area contributed by atoms with E-state index in [4.69, 9.17) is 0 Å². The largest absolute Gasteiger partial charge is 0.319 e. The van der Waals surface area contributed by atoms with Crippen molar-refractivity contribution in [2.45, 2.75) is 39.2 Å². The second kappa shape index (κ2) is 9.05. The Bertz CT molecular complexity index is 380. The van der Waals surface area contributed by atoms with Crippen LogP contribution >= 0.6 is 0 Å². The van der Waals surface area contributed by atoms with Crippen LogP contribution in [0.15, 0.2) is 0 Å². The molecule has 1 saturated heterocycles. The first kappa shape index (κ1) is 18.8. The van der Waals surface area contributed by atoms with Crippen LogP contribution in [0.3, 0.4) is 0 Å². The molecule has 0 saturated carbocycles.